The van der Waals surface area contributed by atoms with Gasteiger partial charge in [-0.2, -0.15) is 0 Å². The van der Waals surface area contributed by atoms with E-state index in [1.165, 1.54) is 31.5 Å². The molecule has 0 amide bonds. The van der Waals surface area contributed by atoms with Gasteiger partial charge in [0, 0.05) is 36.0 Å². The molecule has 0 unspecified atom stereocenters. The van der Waals surface area contributed by atoms with Gasteiger partial charge in [0.25, 0.3) is 0 Å². The number of hydrogen-bond donors (Lipinski definition) is 0. The van der Waals surface area contributed by atoms with Crippen LogP contribution in [-0.4, -0.2) is 16.2 Å². The summed E-state index contributed by atoms with van der Waals surface area (Å²) in [6, 6.07) is 0. The predicted octanol–water partition coefficient (Wildman–Crippen LogP) is 2.77. The topological polar surface area (TPSA) is 3.24 Å². The molecular formula is C8H14IN. The average Bonchev–Trinajstić information content (AvgIpc) is 1.88. The van der Waals surface area contributed by atoms with E-state index in [9.17, 15) is 0 Å². The Balaban J connectivity index is 2.48. The number of hydrogen-bond acceptors (Lipinski definition) is 1. The van der Waals surface area contributed by atoms with Crippen LogP contribution in [0.15, 0.2) is 11.1 Å². The van der Waals surface area contributed by atoms with Gasteiger partial charge in [-0.05, 0) is 26.7 Å². The maximum atomic E-state index is 2.40. The summed E-state index contributed by atoms with van der Waals surface area (Å²) in [7, 11) is 0. The minimum absolute atomic E-state index is 1.24. The van der Waals surface area contributed by atoms with Crippen LogP contribution < -0.4 is 0 Å². The summed E-state index contributed by atoms with van der Waals surface area (Å²) in [5, 5.41) is 0. The zero-order valence-electron chi connectivity index (χ0n) is 6.65. The van der Waals surface area contributed by atoms with Crippen LogP contribution in [0.1, 0.15) is 26.7 Å². The Bertz CT molecular complexity index is 137. The number of allylic oxidation sites excluding steroid dienone is 1. The van der Waals surface area contributed by atoms with Gasteiger partial charge in [-0.1, -0.05) is 11.1 Å². The molecule has 0 aromatic carbocycles. The number of halogens is 1. The van der Waals surface area contributed by atoms with Crippen LogP contribution in [0.3, 0.4) is 0 Å². The van der Waals surface area contributed by atoms with Crippen molar-refractivity contribution in [3.63, 3.8) is 0 Å². The van der Waals surface area contributed by atoms with Gasteiger partial charge in [0.1, 0.15) is 0 Å². The molecule has 0 atom stereocenters. The van der Waals surface area contributed by atoms with E-state index in [2.05, 4.69) is 39.8 Å². The highest BCUT2D eigenvalue weighted by atomic mass is 127. The first-order valence-corrected chi connectivity index (χ1v) is 4.72. The quantitative estimate of drug-likeness (QED) is 0.363. The zero-order valence-corrected chi connectivity index (χ0v) is 8.81. The second kappa shape index (κ2) is 3.72. The lowest BCUT2D eigenvalue weighted by Gasteiger charge is -2.23. The van der Waals surface area contributed by atoms with Crippen LogP contribution in [0.2, 0.25) is 0 Å². The first-order valence-electron chi connectivity index (χ1n) is 3.76. The van der Waals surface area contributed by atoms with Crippen LogP contribution >= 0.6 is 22.9 Å². The van der Waals surface area contributed by atoms with E-state index in [-0.39, 0.29) is 0 Å². The minimum Gasteiger partial charge on any atom is -0.247 e. The molecule has 0 aliphatic carbocycles. The van der Waals surface area contributed by atoms with Crippen LogP contribution in [0, 0.1) is 0 Å². The van der Waals surface area contributed by atoms with Crippen molar-refractivity contribution >= 4 is 22.9 Å². The third kappa shape index (κ3) is 2.23. The van der Waals surface area contributed by atoms with E-state index in [1.54, 1.807) is 5.57 Å². The van der Waals surface area contributed by atoms with Crippen molar-refractivity contribution in [2.24, 2.45) is 0 Å². The molecule has 0 aromatic heterocycles. The molecule has 2 heteroatoms. The van der Waals surface area contributed by atoms with E-state index in [1.807, 2.05) is 0 Å². The van der Waals surface area contributed by atoms with Crippen LogP contribution in [0.4, 0.5) is 0 Å². The largest absolute Gasteiger partial charge is 0.247 e. The molecule has 0 saturated carbocycles. The summed E-state index contributed by atoms with van der Waals surface area (Å²) in [6.45, 7) is 6.92. The van der Waals surface area contributed by atoms with Crippen molar-refractivity contribution in [3.05, 3.63) is 11.1 Å². The average molecular weight is 251 g/mol. The van der Waals surface area contributed by atoms with Gasteiger partial charge in [0.2, 0.25) is 0 Å². The summed E-state index contributed by atoms with van der Waals surface area (Å²) in [5.74, 6) is 0. The smallest absolute Gasteiger partial charge is 0.0201 e. The molecule has 0 aromatic rings. The molecule has 1 aliphatic rings. The molecule has 10 heavy (non-hydrogen) atoms. The van der Waals surface area contributed by atoms with E-state index >= 15 is 0 Å². The lowest BCUT2D eigenvalue weighted by Crippen LogP contribution is -2.21. The van der Waals surface area contributed by atoms with Gasteiger partial charge in [0.05, 0.1) is 0 Å². The molecule has 0 radical (unpaired) electrons. The van der Waals surface area contributed by atoms with Crippen molar-refractivity contribution < 1.29 is 0 Å². The minimum atomic E-state index is 1.24. The second-order valence-electron chi connectivity index (χ2n) is 3.01. The molecule has 0 spiro atoms. The standard InChI is InChI=1S/C8H14IN/c1-7(2)8-3-5-10(9)6-4-8/h3-6H2,1-2H3. The third-order valence-electron chi connectivity index (χ3n) is 2.02. The second-order valence-corrected chi connectivity index (χ2v) is 4.38. The summed E-state index contributed by atoms with van der Waals surface area (Å²) in [6.07, 6.45) is 2.57. The van der Waals surface area contributed by atoms with Gasteiger partial charge in [-0.3, -0.25) is 0 Å². The molecule has 1 heterocycles. The zero-order chi connectivity index (χ0) is 7.56. The lowest BCUT2D eigenvalue weighted by atomic mass is 10.0. The normalized spacial score (nSPS) is 21.3. The molecular weight excluding hydrogens is 237 g/mol. The predicted molar refractivity (Wildman–Crippen MR) is 53.2 cm³/mol. The first kappa shape index (κ1) is 8.53. The first-order chi connectivity index (χ1) is 4.70. The Kier molecular flexibility index (Phi) is 3.17. The molecule has 1 rings (SSSR count). The van der Waals surface area contributed by atoms with E-state index in [0.29, 0.717) is 0 Å². The molecule has 58 valence electrons. The van der Waals surface area contributed by atoms with Crippen molar-refractivity contribution in [3.8, 4) is 0 Å². The van der Waals surface area contributed by atoms with Gasteiger partial charge in [-0.15, -0.1) is 0 Å². The summed E-state index contributed by atoms with van der Waals surface area (Å²) >= 11 is 2.40. The van der Waals surface area contributed by atoms with Crippen molar-refractivity contribution in [2.45, 2.75) is 26.7 Å². The van der Waals surface area contributed by atoms with Crippen molar-refractivity contribution in [1.29, 1.82) is 0 Å². The van der Waals surface area contributed by atoms with Gasteiger partial charge >= 0.3 is 0 Å². The Morgan fingerprint density at radius 2 is 1.80 bits per heavy atom. The molecule has 1 aliphatic heterocycles. The summed E-state index contributed by atoms with van der Waals surface area (Å²) in [4.78, 5) is 0. The van der Waals surface area contributed by atoms with Crippen LogP contribution in [0.5, 0.6) is 0 Å². The lowest BCUT2D eigenvalue weighted by molar-refractivity contribution is 0.464. The highest BCUT2D eigenvalue weighted by molar-refractivity contribution is 14.1. The van der Waals surface area contributed by atoms with Crippen molar-refractivity contribution in [2.75, 3.05) is 13.1 Å². The number of rotatable bonds is 0. The maximum absolute atomic E-state index is 2.40. The van der Waals surface area contributed by atoms with E-state index in [0.717, 1.165) is 0 Å². The third-order valence-corrected chi connectivity index (χ3v) is 2.98. The monoisotopic (exact) mass is 251 g/mol. The van der Waals surface area contributed by atoms with Crippen molar-refractivity contribution in [1.82, 2.24) is 3.11 Å². The Morgan fingerprint density at radius 1 is 1.30 bits per heavy atom. The molecule has 0 N–H and O–H groups in total. The molecule has 1 nitrogen and oxygen atoms in total. The number of nitrogens with zero attached hydrogens (tertiary/aromatic N) is 1. The maximum Gasteiger partial charge on any atom is 0.0201 e. The summed E-state index contributed by atoms with van der Waals surface area (Å²) < 4.78 is 2.37. The summed E-state index contributed by atoms with van der Waals surface area (Å²) in [5.41, 5.74) is 3.21. The fraction of sp³-hybridized carbons (Fsp3) is 0.750. The van der Waals surface area contributed by atoms with Crippen LogP contribution in [-0.2, 0) is 0 Å². The Morgan fingerprint density at radius 3 is 2.20 bits per heavy atom. The number of piperidine rings is 1. The SMILES string of the molecule is CC(C)=C1CCN(I)CC1. The van der Waals surface area contributed by atoms with Crippen LogP contribution in [0.25, 0.3) is 0 Å². The van der Waals surface area contributed by atoms with Gasteiger partial charge in [-0.25, -0.2) is 3.11 Å². The van der Waals surface area contributed by atoms with Gasteiger partial charge < -0.3 is 0 Å². The van der Waals surface area contributed by atoms with Gasteiger partial charge in [0.15, 0.2) is 0 Å². The molecule has 1 fully saturated rings. The van der Waals surface area contributed by atoms with E-state index in [4.69, 9.17) is 0 Å². The Labute approximate surface area is 77.0 Å². The van der Waals surface area contributed by atoms with E-state index < -0.39 is 0 Å². The fourth-order valence-electron chi connectivity index (χ4n) is 1.25. The Hall–Kier alpha value is 0.430. The molecule has 1 saturated heterocycles. The molecule has 0 bridgehead atoms. The fourth-order valence-corrected chi connectivity index (χ4v) is 1.73. The highest BCUT2D eigenvalue weighted by Gasteiger charge is 2.10. The highest BCUT2D eigenvalue weighted by Crippen LogP contribution is 2.21.